The largest absolute Gasteiger partial charge is 0.282 e. The van der Waals surface area contributed by atoms with Gasteiger partial charge in [0.15, 0.2) is 0 Å². The van der Waals surface area contributed by atoms with Crippen molar-refractivity contribution in [2.45, 2.75) is 12.8 Å². The molecule has 0 aromatic carbocycles. The molecule has 0 aromatic heterocycles. The predicted molar refractivity (Wildman–Crippen MR) is 26.5 cm³/mol. The molecule has 1 aliphatic rings. The summed E-state index contributed by atoms with van der Waals surface area (Å²) < 4.78 is 0. The number of nitrogens with one attached hydrogen (secondary N) is 2. The highest BCUT2D eigenvalue weighted by Gasteiger charge is 2.03. The Morgan fingerprint density at radius 2 is 2.50 bits per heavy atom. The van der Waals surface area contributed by atoms with E-state index < -0.39 is 0 Å². The van der Waals surface area contributed by atoms with Crippen molar-refractivity contribution in [3.63, 3.8) is 0 Å². The van der Waals surface area contributed by atoms with E-state index >= 15 is 0 Å². The molecule has 4 heteroatoms. The molecule has 1 fully saturated rings. The summed E-state index contributed by atoms with van der Waals surface area (Å²) >= 11 is 0. The third kappa shape index (κ3) is 1.48. The van der Waals surface area contributed by atoms with Crippen LogP contribution in [0.5, 0.6) is 0 Å². The van der Waals surface area contributed by atoms with E-state index in [9.17, 15) is 4.79 Å². The van der Waals surface area contributed by atoms with E-state index in [1.165, 1.54) is 0 Å². The smallest absolute Gasteiger partial charge is 0.235 e. The zero-order valence-electron chi connectivity index (χ0n) is 4.44. The van der Waals surface area contributed by atoms with E-state index in [4.69, 9.17) is 0 Å². The maximum atomic E-state index is 10.4. The van der Waals surface area contributed by atoms with Gasteiger partial charge < -0.3 is 0 Å². The molecule has 46 valence electrons. The first-order chi connectivity index (χ1) is 3.89. The van der Waals surface area contributed by atoms with Crippen molar-refractivity contribution in [1.82, 2.24) is 11.0 Å². The molecule has 1 amide bonds. The number of carbonyl (C=O) groups is 1. The van der Waals surface area contributed by atoms with E-state index in [1.807, 2.05) is 0 Å². The van der Waals surface area contributed by atoms with Crippen molar-refractivity contribution in [3.8, 4) is 0 Å². The van der Waals surface area contributed by atoms with Gasteiger partial charge in [0, 0.05) is 6.42 Å². The quantitative estimate of drug-likeness (QED) is 0.441. The van der Waals surface area contributed by atoms with Crippen LogP contribution < -0.4 is 11.0 Å². The molecule has 0 saturated carbocycles. The minimum absolute atomic E-state index is 0.0116. The van der Waals surface area contributed by atoms with Gasteiger partial charge >= 0.3 is 0 Å². The second-order valence-electron chi connectivity index (χ2n) is 1.60. The summed E-state index contributed by atoms with van der Waals surface area (Å²) in [5.41, 5.74) is 4.63. The molecule has 8 heavy (non-hydrogen) atoms. The lowest BCUT2D eigenvalue weighted by Crippen LogP contribution is -2.34. The van der Waals surface area contributed by atoms with E-state index in [1.54, 1.807) is 0 Å². The predicted octanol–water partition coefficient (Wildman–Crippen LogP) is -0.667. The number of amides is 1. The van der Waals surface area contributed by atoms with Crippen molar-refractivity contribution in [2.75, 3.05) is 6.61 Å². The lowest BCUT2D eigenvalue weighted by atomic mass is 10.3. The average Bonchev–Trinajstić information content (AvgIpc) is 1.94. The first-order valence-corrected chi connectivity index (χ1v) is 2.55. The number of hydrazine groups is 1. The van der Waals surface area contributed by atoms with Crippen LogP contribution in [0.1, 0.15) is 12.8 Å². The van der Waals surface area contributed by atoms with Gasteiger partial charge in [-0.25, -0.2) is 0 Å². The van der Waals surface area contributed by atoms with Gasteiger partial charge in [-0.2, -0.15) is 0 Å². The summed E-state index contributed by atoms with van der Waals surface area (Å²) in [5.74, 6) is -0.0116. The Hall–Kier alpha value is -0.610. The molecule has 2 N–H and O–H groups in total. The molecular weight excluding hydrogens is 108 g/mol. The second kappa shape index (κ2) is 2.64. The fourth-order valence-corrected chi connectivity index (χ4v) is 0.511. The number of carbonyl (C=O) groups excluding carboxylic acids is 1. The van der Waals surface area contributed by atoms with Crippen LogP contribution in [0.15, 0.2) is 0 Å². The maximum Gasteiger partial charge on any atom is 0.235 e. The van der Waals surface area contributed by atoms with Crippen LogP contribution in [0.25, 0.3) is 0 Å². The Kier molecular flexibility index (Phi) is 1.82. The van der Waals surface area contributed by atoms with Gasteiger partial charge in [0.25, 0.3) is 0 Å². The van der Waals surface area contributed by atoms with Gasteiger partial charge in [-0.05, 0) is 6.42 Å². The standard InChI is InChI=1S/C4H8N2O2/c7-4-2-1-3-8-6-5-4/h6H,1-3H2,(H,5,7). The van der Waals surface area contributed by atoms with E-state index in [0.717, 1.165) is 6.42 Å². The molecule has 1 rings (SSSR count). The van der Waals surface area contributed by atoms with Crippen LogP contribution in [-0.4, -0.2) is 12.5 Å². The monoisotopic (exact) mass is 116 g/mol. The summed E-state index contributed by atoms with van der Waals surface area (Å²) in [6, 6.07) is 0. The van der Waals surface area contributed by atoms with Crippen LogP contribution in [0.3, 0.4) is 0 Å². The molecule has 0 aliphatic carbocycles. The summed E-state index contributed by atoms with van der Waals surface area (Å²) in [6.07, 6.45) is 1.34. The molecule has 0 atom stereocenters. The number of rotatable bonds is 0. The molecule has 0 bridgehead atoms. The lowest BCUT2D eigenvalue weighted by molar-refractivity contribution is -0.124. The molecule has 1 heterocycles. The molecule has 1 aliphatic heterocycles. The zero-order chi connectivity index (χ0) is 5.82. The Morgan fingerprint density at radius 1 is 1.62 bits per heavy atom. The highest BCUT2D eigenvalue weighted by molar-refractivity contribution is 5.75. The molecule has 0 spiro atoms. The van der Waals surface area contributed by atoms with Crippen LogP contribution >= 0.6 is 0 Å². The summed E-state index contributed by atoms with van der Waals surface area (Å²) in [7, 11) is 0. The van der Waals surface area contributed by atoms with Gasteiger partial charge in [0.2, 0.25) is 5.91 Å². The molecular formula is C4H8N2O2. The zero-order valence-corrected chi connectivity index (χ0v) is 4.44. The second-order valence-corrected chi connectivity index (χ2v) is 1.60. The van der Waals surface area contributed by atoms with Crippen molar-refractivity contribution in [1.29, 1.82) is 0 Å². The van der Waals surface area contributed by atoms with Crippen LogP contribution in [-0.2, 0) is 9.63 Å². The van der Waals surface area contributed by atoms with Crippen LogP contribution in [0.4, 0.5) is 0 Å². The van der Waals surface area contributed by atoms with Crippen LogP contribution in [0, 0.1) is 0 Å². The Morgan fingerprint density at radius 3 is 3.38 bits per heavy atom. The van der Waals surface area contributed by atoms with Crippen LogP contribution in [0.2, 0.25) is 0 Å². The number of hydrogen-bond donors (Lipinski definition) is 2. The number of hydrogen-bond acceptors (Lipinski definition) is 3. The van der Waals surface area contributed by atoms with Gasteiger partial charge in [0.1, 0.15) is 0 Å². The van der Waals surface area contributed by atoms with E-state index in [2.05, 4.69) is 15.9 Å². The molecule has 0 aromatic rings. The Bertz CT molecular complexity index is 84.0. The van der Waals surface area contributed by atoms with Gasteiger partial charge in [0.05, 0.1) is 6.61 Å². The minimum Gasteiger partial charge on any atom is -0.282 e. The van der Waals surface area contributed by atoms with Crippen molar-refractivity contribution in [2.24, 2.45) is 0 Å². The molecule has 0 unspecified atom stereocenters. The summed E-state index contributed by atoms with van der Waals surface area (Å²) in [5, 5.41) is 0. The highest BCUT2D eigenvalue weighted by atomic mass is 16.7. The molecule has 1 saturated heterocycles. The molecule has 4 nitrogen and oxygen atoms in total. The van der Waals surface area contributed by atoms with Crippen molar-refractivity contribution < 1.29 is 9.63 Å². The summed E-state index contributed by atoms with van der Waals surface area (Å²) in [6.45, 7) is 0.596. The Balaban J connectivity index is 2.27. The topological polar surface area (TPSA) is 50.4 Å². The first-order valence-electron chi connectivity index (χ1n) is 2.55. The summed E-state index contributed by atoms with van der Waals surface area (Å²) in [4.78, 5) is 15.1. The highest BCUT2D eigenvalue weighted by Crippen LogP contribution is 1.90. The first kappa shape index (κ1) is 5.53. The maximum absolute atomic E-state index is 10.4. The van der Waals surface area contributed by atoms with E-state index in [0.29, 0.717) is 13.0 Å². The average molecular weight is 116 g/mol. The van der Waals surface area contributed by atoms with Gasteiger partial charge in [-0.1, -0.05) is 0 Å². The van der Waals surface area contributed by atoms with Gasteiger partial charge in [-0.15, -0.1) is 5.59 Å². The fraction of sp³-hybridized carbons (Fsp3) is 0.750. The van der Waals surface area contributed by atoms with Gasteiger partial charge in [-0.3, -0.25) is 15.1 Å². The fourth-order valence-electron chi connectivity index (χ4n) is 0.511. The Labute approximate surface area is 47.1 Å². The third-order valence-electron chi connectivity index (χ3n) is 0.913. The normalized spacial score (nSPS) is 21.8. The van der Waals surface area contributed by atoms with Crippen molar-refractivity contribution >= 4 is 5.91 Å². The lowest BCUT2D eigenvalue weighted by Gasteiger charge is -1.97. The minimum atomic E-state index is -0.0116. The van der Waals surface area contributed by atoms with E-state index in [-0.39, 0.29) is 5.91 Å². The molecule has 0 radical (unpaired) electrons. The third-order valence-corrected chi connectivity index (χ3v) is 0.913. The SMILES string of the molecule is O=C1CCCONN1. The van der Waals surface area contributed by atoms with Crippen molar-refractivity contribution in [3.05, 3.63) is 0 Å².